The van der Waals surface area contributed by atoms with Gasteiger partial charge in [0.2, 0.25) is 0 Å². The van der Waals surface area contributed by atoms with Crippen LogP contribution in [0.5, 0.6) is 0 Å². The highest BCUT2D eigenvalue weighted by molar-refractivity contribution is 5.90. The lowest BCUT2D eigenvalue weighted by Gasteiger charge is -2.05. The number of rotatable bonds is 3. The minimum atomic E-state index is 0.205. The van der Waals surface area contributed by atoms with Crippen molar-refractivity contribution in [1.82, 2.24) is 0 Å². The van der Waals surface area contributed by atoms with E-state index in [1.165, 1.54) is 5.56 Å². The molecule has 0 aliphatic rings. The molecule has 2 heteroatoms. The molecule has 0 fully saturated rings. The van der Waals surface area contributed by atoms with E-state index in [0.29, 0.717) is 0 Å². The highest BCUT2D eigenvalue weighted by Crippen LogP contribution is 2.10. The first-order valence-corrected chi connectivity index (χ1v) is 4.28. The Bertz CT molecular complexity index is 276. The van der Waals surface area contributed by atoms with Gasteiger partial charge in [0.25, 0.3) is 0 Å². The molecule has 0 spiro atoms. The maximum atomic E-state index is 4.01. The van der Waals surface area contributed by atoms with Crippen LogP contribution in [0.1, 0.15) is 11.5 Å². The molecule has 0 N–H and O–H groups in total. The van der Waals surface area contributed by atoms with Crippen LogP contribution in [0.2, 0.25) is 0 Å². The molecule has 0 atom stereocenters. The van der Waals surface area contributed by atoms with E-state index in [-0.39, 0.29) is 5.92 Å². The molecule has 1 aromatic rings. The molecule has 0 aliphatic heterocycles. The van der Waals surface area contributed by atoms with Crippen molar-refractivity contribution in [2.24, 2.45) is 9.98 Å². The second kappa shape index (κ2) is 5.25. The molecule has 68 valence electrons. The molecular formula is C11H14N2. The van der Waals surface area contributed by atoms with Crippen LogP contribution in [0.15, 0.2) is 40.3 Å². The Balaban J connectivity index is 2.88. The highest BCUT2D eigenvalue weighted by Gasteiger charge is 2.03. The minimum absolute atomic E-state index is 0.205. The van der Waals surface area contributed by atoms with E-state index in [9.17, 15) is 0 Å². The second-order valence-electron chi connectivity index (χ2n) is 2.75. The Labute approximate surface area is 79.0 Å². The molecule has 0 aliphatic carbocycles. The molecule has 0 aromatic heterocycles. The summed E-state index contributed by atoms with van der Waals surface area (Å²) >= 11 is 0. The van der Waals surface area contributed by atoms with Gasteiger partial charge in [-0.05, 0) is 5.56 Å². The Morgan fingerprint density at radius 2 is 1.54 bits per heavy atom. The summed E-state index contributed by atoms with van der Waals surface area (Å²) in [6.45, 7) is 0. The number of aliphatic imine (C=N–C) groups is 2. The van der Waals surface area contributed by atoms with Gasteiger partial charge in [-0.3, -0.25) is 9.98 Å². The molecule has 0 unspecified atom stereocenters. The Hall–Kier alpha value is -1.44. The lowest BCUT2D eigenvalue weighted by atomic mass is 10.0. The standard InChI is InChI=1S/C11H14N2/c1-12-8-11(9-13-2)10-6-4-3-5-7-10/h3-9,11H,1-2H3. The summed E-state index contributed by atoms with van der Waals surface area (Å²) in [6.07, 6.45) is 3.78. The smallest absolute Gasteiger partial charge is 0.0537 e. The van der Waals surface area contributed by atoms with E-state index in [0.717, 1.165) is 0 Å². The largest absolute Gasteiger partial charge is 0.300 e. The van der Waals surface area contributed by atoms with Gasteiger partial charge in [0.1, 0.15) is 0 Å². The number of hydrogen-bond donors (Lipinski definition) is 0. The number of hydrogen-bond acceptors (Lipinski definition) is 2. The Morgan fingerprint density at radius 1 is 1.00 bits per heavy atom. The Kier molecular flexibility index (Phi) is 3.89. The van der Waals surface area contributed by atoms with Gasteiger partial charge in [0.15, 0.2) is 0 Å². The molecule has 13 heavy (non-hydrogen) atoms. The molecule has 0 bridgehead atoms. The zero-order valence-corrected chi connectivity index (χ0v) is 8.01. The lowest BCUT2D eigenvalue weighted by Crippen LogP contribution is -2.01. The summed E-state index contributed by atoms with van der Waals surface area (Å²) in [7, 11) is 3.55. The molecule has 0 saturated carbocycles. The van der Waals surface area contributed by atoms with E-state index < -0.39 is 0 Å². The van der Waals surface area contributed by atoms with Crippen LogP contribution in [0, 0.1) is 0 Å². The first-order valence-electron chi connectivity index (χ1n) is 4.28. The van der Waals surface area contributed by atoms with E-state index in [2.05, 4.69) is 22.1 Å². The Morgan fingerprint density at radius 3 is 2.00 bits per heavy atom. The predicted molar refractivity (Wildman–Crippen MR) is 58.0 cm³/mol. The summed E-state index contributed by atoms with van der Waals surface area (Å²) in [5.41, 5.74) is 1.22. The average Bonchev–Trinajstić information content (AvgIpc) is 2.19. The number of nitrogens with zero attached hydrogens (tertiary/aromatic N) is 2. The van der Waals surface area contributed by atoms with Crippen molar-refractivity contribution in [2.75, 3.05) is 14.1 Å². The van der Waals surface area contributed by atoms with Crippen LogP contribution >= 0.6 is 0 Å². The summed E-state index contributed by atoms with van der Waals surface area (Å²) < 4.78 is 0. The van der Waals surface area contributed by atoms with Crippen molar-refractivity contribution in [1.29, 1.82) is 0 Å². The van der Waals surface area contributed by atoms with Crippen LogP contribution in [0.4, 0.5) is 0 Å². The van der Waals surface area contributed by atoms with Crippen molar-refractivity contribution in [3.05, 3.63) is 35.9 Å². The van der Waals surface area contributed by atoms with Crippen molar-refractivity contribution >= 4 is 12.4 Å². The van der Waals surface area contributed by atoms with Crippen LogP contribution in [-0.4, -0.2) is 26.5 Å². The SMILES string of the molecule is CN=CC(C=NC)c1ccccc1. The predicted octanol–water partition coefficient (Wildman–Crippen LogP) is 2.17. The third-order valence-electron chi connectivity index (χ3n) is 1.80. The highest BCUT2D eigenvalue weighted by atomic mass is 14.7. The molecule has 0 heterocycles. The van der Waals surface area contributed by atoms with Gasteiger partial charge in [0.05, 0.1) is 5.92 Å². The molecule has 1 aromatic carbocycles. The summed E-state index contributed by atoms with van der Waals surface area (Å²) in [5.74, 6) is 0.205. The monoisotopic (exact) mass is 174 g/mol. The minimum Gasteiger partial charge on any atom is -0.300 e. The van der Waals surface area contributed by atoms with Crippen LogP contribution in [0.25, 0.3) is 0 Å². The molecule has 0 amide bonds. The first kappa shape index (κ1) is 9.65. The third kappa shape index (κ3) is 2.82. The fourth-order valence-corrected chi connectivity index (χ4v) is 1.21. The lowest BCUT2D eigenvalue weighted by molar-refractivity contribution is 1.22. The van der Waals surface area contributed by atoms with Crippen molar-refractivity contribution in [2.45, 2.75) is 5.92 Å². The van der Waals surface area contributed by atoms with Gasteiger partial charge in [-0.25, -0.2) is 0 Å². The van der Waals surface area contributed by atoms with E-state index in [4.69, 9.17) is 0 Å². The zero-order chi connectivity index (χ0) is 9.52. The van der Waals surface area contributed by atoms with E-state index in [1.54, 1.807) is 14.1 Å². The fourth-order valence-electron chi connectivity index (χ4n) is 1.21. The maximum absolute atomic E-state index is 4.01. The summed E-state index contributed by atoms with van der Waals surface area (Å²) in [6, 6.07) is 10.2. The zero-order valence-electron chi connectivity index (χ0n) is 8.01. The number of benzene rings is 1. The summed E-state index contributed by atoms with van der Waals surface area (Å²) in [4.78, 5) is 8.03. The van der Waals surface area contributed by atoms with Crippen molar-refractivity contribution in [3.63, 3.8) is 0 Å². The van der Waals surface area contributed by atoms with Gasteiger partial charge in [-0.1, -0.05) is 30.3 Å². The van der Waals surface area contributed by atoms with Gasteiger partial charge < -0.3 is 0 Å². The third-order valence-corrected chi connectivity index (χ3v) is 1.80. The fraction of sp³-hybridized carbons (Fsp3) is 0.273. The van der Waals surface area contributed by atoms with E-state index in [1.807, 2.05) is 30.6 Å². The van der Waals surface area contributed by atoms with Gasteiger partial charge >= 0.3 is 0 Å². The summed E-state index contributed by atoms with van der Waals surface area (Å²) in [5, 5.41) is 0. The maximum Gasteiger partial charge on any atom is 0.0537 e. The van der Waals surface area contributed by atoms with E-state index >= 15 is 0 Å². The van der Waals surface area contributed by atoms with Crippen LogP contribution < -0.4 is 0 Å². The second-order valence-corrected chi connectivity index (χ2v) is 2.75. The van der Waals surface area contributed by atoms with Gasteiger partial charge in [-0.2, -0.15) is 0 Å². The topological polar surface area (TPSA) is 24.7 Å². The average molecular weight is 174 g/mol. The molecular weight excluding hydrogens is 160 g/mol. The first-order chi connectivity index (χ1) is 6.38. The van der Waals surface area contributed by atoms with Crippen molar-refractivity contribution < 1.29 is 0 Å². The molecule has 0 saturated heterocycles. The van der Waals surface area contributed by atoms with Gasteiger partial charge in [-0.15, -0.1) is 0 Å². The molecule has 0 radical (unpaired) electrons. The quantitative estimate of drug-likeness (QED) is 0.627. The van der Waals surface area contributed by atoms with Gasteiger partial charge in [0, 0.05) is 26.5 Å². The molecule has 2 nitrogen and oxygen atoms in total. The van der Waals surface area contributed by atoms with Crippen molar-refractivity contribution in [3.8, 4) is 0 Å². The normalized spacial score (nSPS) is 14.0. The molecule has 1 rings (SSSR count). The van der Waals surface area contributed by atoms with Crippen LogP contribution in [0.3, 0.4) is 0 Å². The van der Waals surface area contributed by atoms with Crippen LogP contribution in [-0.2, 0) is 0 Å².